The third kappa shape index (κ3) is 4.85. The van der Waals surface area contributed by atoms with Gasteiger partial charge in [-0.2, -0.15) is 0 Å². The number of thioether (sulfide) groups is 1. The van der Waals surface area contributed by atoms with E-state index in [0.29, 0.717) is 16.9 Å². The van der Waals surface area contributed by atoms with E-state index in [1.807, 2.05) is 16.7 Å². The number of aromatic nitrogens is 2. The Hall–Kier alpha value is -1.54. The highest BCUT2D eigenvalue weighted by Crippen LogP contribution is 2.29. The molecule has 7 nitrogen and oxygen atoms in total. The molecule has 1 amide bonds. The van der Waals surface area contributed by atoms with Gasteiger partial charge in [0.2, 0.25) is 5.91 Å². The van der Waals surface area contributed by atoms with Crippen molar-refractivity contribution in [3.05, 3.63) is 12.4 Å². The van der Waals surface area contributed by atoms with Crippen LogP contribution in [-0.2, 0) is 9.53 Å². The summed E-state index contributed by atoms with van der Waals surface area (Å²) in [4.78, 5) is 27.9. The summed E-state index contributed by atoms with van der Waals surface area (Å²) >= 11 is 1.86. The molecular weight excluding hydrogens is 362 g/mol. The monoisotopic (exact) mass is 391 g/mol. The number of piperazine rings is 1. The van der Waals surface area contributed by atoms with Gasteiger partial charge in [-0.15, -0.1) is 11.8 Å². The van der Waals surface area contributed by atoms with Crippen LogP contribution in [0.3, 0.4) is 0 Å². The van der Waals surface area contributed by atoms with Crippen molar-refractivity contribution < 1.29 is 9.53 Å². The first-order valence-electron chi connectivity index (χ1n) is 10.1. The smallest absolute Gasteiger partial charge is 0.232 e. The first-order chi connectivity index (χ1) is 13.3. The summed E-state index contributed by atoms with van der Waals surface area (Å²) in [5.74, 6) is 2.86. The second kappa shape index (κ2) is 9.10. The van der Waals surface area contributed by atoms with Crippen LogP contribution < -0.4 is 9.80 Å². The summed E-state index contributed by atoms with van der Waals surface area (Å²) in [6.07, 6.45) is 6.87. The predicted octanol–water partition coefficient (Wildman–Crippen LogP) is 1.64. The molecule has 0 N–H and O–H groups in total. The Labute approximate surface area is 165 Å². The SMILES string of the molecule is O=C(CSC1CCCC1)N1CCN(c2cc(N3CCOCC3)ncn2)CC1. The molecular formula is C19H29N5O2S. The van der Waals surface area contributed by atoms with E-state index in [2.05, 4.69) is 25.8 Å². The lowest BCUT2D eigenvalue weighted by Gasteiger charge is -2.36. The predicted molar refractivity (Wildman–Crippen MR) is 109 cm³/mol. The van der Waals surface area contributed by atoms with Gasteiger partial charge >= 0.3 is 0 Å². The molecule has 2 aliphatic heterocycles. The number of hydrogen-bond donors (Lipinski definition) is 0. The molecule has 1 aliphatic carbocycles. The van der Waals surface area contributed by atoms with Gasteiger partial charge in [-0.1, -0.05) is 12.8 Å². The van der Waals surface area contributed by atoms with Crippen molar-refractivity contribution in [2.45, 2.75) is 30.9 Å². The van der Waals surface area contributed by atoms with E-state index in [0.717, 1.165) is 64.1 Å². The molecule has 0 spiro atoms. The largest absolute Gasteiger partial charge is 0.378 e. The highest BCUT2D eigenvalue weighted by Gasteiger charge is 2.24. The van der Waals surface area contributed by atoms with Crippen LogP contribution in [0.15, 0.2) is 12.4 Å². The fraction of sp³-hybridized carbons (Fsp3) is 0.737. The lowest BCUT2D eigenvalue weighted by molar-refractivity contribution is -0.128. The molecule has 1 saturated carbocycles. The number of anilines is 2. The van der Waals surface area contributed by atoms with E-state index in [-0.39, 0.29) is 0 Å². The zero-order valence-corrected chi connectivity index (χ0v) is 16.7. The van der Waals surface area contributed by atoms with E-state index >= 15 is 0 Å². The molecule has 3 heterocycles. The number of hydrogen-bond acceptors (Lipinski definition) is 7. The Balaban J connectivity index is 1.27. The second-order valence-corrected chi connectivity index (χ2v) is 8.71. The van der Waals surface area contributed by atoms with Gasteiger partial charge in [0, 0.05) is 50.6 Å². The molecule has 0 bridgehead atoms. The van der Waals surface area contributed by atoms with Crippen molar-refractivity contribution in [1.82, 2.24) is 14.9 Å². The van der Waals surface area contributed by atoms with Gasteiger partial charge in [-0.3, -0.25) is 4.79 Å². The Kier molecular flexibility index (Phi) is 6.34. The van der Waals surface area contributed by atoms with Gasteiger partial charge in [0.15, 0.2) is 0 Å². The number of amides is 1. The Morgan fingerprint density at radius 3 is 2.30 bits per heavy atom. The molecule has 0 aromatic carbocycles. The third-order valence-corrected chi connectivity index (χ3v) is 7.03. The summed E-state index contributed by atoms with van der Waals surface area (Å²) < 4.78 is 5.42. The summed E-state index contributed by atoms with van der Waals surface area (Å²) in [7, 11) is 0. The zero-order valence-electron chi connectivity index (χ0n) is 15.9. The van der Waals surface area contributed by atoms with E-state index in [1.165, 1.54) is 25.7 Å². The maximum Gasteiger partial charge on any atom is 0.232 e. The van der Waals surface area contributed by atoms with Crippen molar-refractivity contribution in [2.75, 3.05) is 68.0 Å². The average molecular weight is 392 g/mol. The molecule has 0 atom stereocenters. The van der Waals surface area contributed by atoms with Crippen LogP contribution in [0.5, 0.6) is 0 Å². The third-order valence-electron chi connectivity index (χ3n) is 5.67. The van der Waals surface area contributed by atoms with Crippen LogP contribution in [0.25, 0.3) is 0 Å². The Morgan fingerprint density at radius 1 is 1.00 bits per heavy atom. The van der Waals surface area contributed by atoms with E-state index < -0.39 is 0 Å². The quantitative estimate of drug-likeness (QED) is 0.756. The molecule has 27 heavy (non-hydrogen) atoms. The number of carbonyl (C=O) groups excluding carboxylic acids is 1. The van der Waals surface area contributed by atoms with Crippen LogP contribution in [0.1, 0.15) is 25.7 Å². The van der Waals surface area contributed by atoms with Gasteiger partial charge in [-0.25, -0.2) is 9.97 Å². The van der Waals surface area contributed by atoms with Crippen LogP contribution in [0.4, 0.5) is 11.6 Å². The van der Waals surface area contributed by atoms with Crippen molar-refractivity contribution in [3.8, 4) is 0 Å². The lowest BCUT2D eigenvalue weighted by Crippen LogP contribution is -2.49. The molecule has 1 aromatic heterocycles. The molecule has 3 aliphatic rings. The Bertz CT molecular complexity index is 626. The number of ether oxygens (including phenoxy) is 1. The van der Waals surface area contributed by atoms with E-state index in [9.17, 15) is 4.79 Å². The van der Waals surface area contributed by atoms with Gasteiger partial charge < -0.3 is 19.4 Å². The zero-order chi connectivity index (χ0) is 18.5. The van der Waals surface area contributed by atoms with Gasteiger partial charge in [0.1, 0.15) is 18.0 Å². The Morgan fingerprint density at radius 2 is 1.63 bits per heavy atom. The average Bonchev–Trinajstić information content (AvgIpc) is 3.27. The molecule has 2 saturated heterocycles. The van der Waals surface area contributed by atoms with Crippen LogP contribution in [0.2, 0.25) is 0 Å². The van der Waals surface area contributed by atoms with Crippen molar-refractivity contribution in [1.29, 1.82) is 0 Å². The summed E-state index contributed by atoms with van der Waals surface area (Å²) in [5.41, 5.74) is 0. The van der Waals surface area contributed by atoms with E-state index in [4.69, 9.17) is 4.74 Å². The normalized spacial score (nSPS) is 21.7. The standard InChI is InChI=1S/C19H29N5O2S/c25-19(14-27-16-3-1-2-4-16)24-7-5-22(6-8-24)17-13-18(21-15-20-17)23-9-11-26-12-10-23/h13,15-16H,1-12,14H2. The van der Waals surface area contributed by atoms with Crippen LogP contribution in [0, 0.1) is 0 Å². The van der Waals surface area contributed by atoms with Crippen LogP contribution >= 0.6 is 11.8 Å². The molecule has 148 valence electrons. The maximum atomic E-state index is 12.5. The molecule has 3 fully saturated rings. The molecule has 1 aromatic rings. The van der Waals surface area contributed by atoms with Crippen molar-refractivity contribution in [3.63, 3.8) is 0 Å². The van der Waals surface area contributed by atoms with Gasteiger partial charge in [-0.05, 0) is 12.8 Å². The maximum absolute atomic E-state index is 12.5. The highest BCUT2D eigenvalue weighted by molar-refractivity contribution is 8.00. The summed E-state index contributed by atoms with van der Waals surface area (Å²) in [5, 5.41) is 0.704. The first kappa shape index (κ1) is 18.8. The first-order valence-corrected chi connectivity index (χ1v) is 11.1. The van der Waals surface area contributed by atoms with Gasteiger partial charge in [0.25, 0.3) is 0 Å². The minimum Gasteiger partial charge on any atom is -0.378 e. The fourth-order valence-corrected chi connectivity index (χ4v) is 5.22. The topological polar surface area (TPSA) is 61.8 Å². The number of carbonyl (C=O) groups is 1. The van der Waals surface area contributed by atoms with Crippen LogP contribution in [-0.4, -0.2) is 84.3 Å². The van der Waals surface area contributed by atoms with Crippen molar-refractivity contribution >= 4 is 29.3 Å². The van der Waals surface area contributed by atoms with E-state index in [1.54, 1.807) is 6.33 Å². The minimum atomic E-state index is 0.295. The number of morpholine rings is 1. The minimum absolute atomic E-state index is 0.295. The molecule has 0 radical (unpaired) electrons. The number of nitrogens with zero attached hydrogens (tertiary/aromatic N) is 5. The number of rotatable bonds is 5. The molecule has 4 rings (SSSR count). The summed E-state index contributed by atoms with van der Waals surface area (Å²) in [6.45, 7) is 6.47. The van der Waals surface area contributed by atoms with Gasteiger partial charge in [0.05, 0.1) is 19.0 Å². The second-order valence-electron chi connectivity index (χ2n) is 7.42. The molecule has 0 unspecified atom stereocenters. The molecule has 8 heteroatoms. The van der Waals surface area contributed by atoms with Crippen molar-refractivity contribution in [2.24, 2.45) is 0 Å². The lowest BCUT2D eigenvalue weighted by atomic mass is 10.3. The fourth-order valence-electron chi connectivity index (χ4n) is 4.00. The summed E-state index contributed by atoms with van der Waals surface area (Å²) in [6, 6.07) is 2.07. The highest BCUT2D eigenvalue weighted by atomic mass is 32.2.